The molecule has 1 atom stereocenters. The number of nitrogens with one attached hydrogen (secondary N) is 1. The van der Waals surface area contributed by atoms with E-state index in [0.717, 1.165) is 28.6 Å². The molecule has 4 rings (SSSR count). The molecule has 3 heterocycles. The number of aryl methyl sites for hydroxylation is 2. The molecule has 7 nitrogen and oxygen atoms in total. The third-order valence-corrected chi connectivity index (χ3v) is 6.69. The molecule has 8 heteroatoms. The molecule has 0 unspecified atom stereocenters. The van der Waals surface area contributed by atoms with E-state index in [4.69, 9.17) is 10.5 Å². The van der Waals surface area contributed by atoms with Gasteiger partial charge in [0.25, 0.3) is 5.91 Å². The van der Waals surface area contributed by atoms with E-state index >= 15 is 0 Å². The molecule has 0 aromatic carbocycles. The van der Waals surface area contributed by atoms with Gasteiger partial charge in [-0.05, 0) is 66.0 Å². The topological polar surface area (TPSA) is 104 Å². The summed E-state index contributed by atoms with van der Waals surface area (Å²) in [5, 5.41) is 7.80. The summed E-state index contributed by atoms with van der Waals surface area (Å²) in [4.78, 5) is 27.2. The van der Waals surface area contributed by atoms with Gasteiger partial charge in [0.15, 0.2) is 0 Å². The Kier molecular flexibility index (Phi) is 5.94. The Morgan fingerprint density at radius 1 is 1.32 bits per heavy atom. The van der Waals surface area contributed by atoms with Crippen molar-refractivity contribution in [2.75, 3.05) is 6.54 Å². The predicted molar refractivity (Wildman–Crippen MR) is 123 cm³/mol. The van der Waals surface area contributed by atoms with Crippen molar-refractivity contribution in [2.45, 2.75) is 57.9 Å². The lowest BCUT2D eigenvalue weighted by atomic mass is 9.84. The number of azide groups is 1. The summed E-state index contributed by atoms with van der Waals surface area (Å²) >= 11 is 1.45. The standard InChI is InChI=1S/C23H26N6OS/c1-23(2,3)19-15-12-14-8-4-5-9-16(14)28-22(15)31-20(19)21(30)27-18(13-26-29-24)17-10-6-7-11-25-17/h6-7,10-12,18H,4-5,8-9,13H2,1-3H3,(H,27,30)/t18-/m0/s1. The van der Waals surface area contributed by atoms with Gasteiger partial charge in [0.2, 0.25) is 0 Å². The minimum absolute atomic E-state index is 0.0988. The molecule has 0 saturated carbocycles. The van der Waals surface area contributed by atoms with Gasteiger partial charge in [-0.3, -0.25) is 9.78 Å². The number of pyridine rings is 2. The van der Waals surface area contributed by atoms with Crippen LogP contribution < -0.4 is 5.32 Å². The first-order chi connectivity index (χ1) is 14.9. The molecule has 1 aliphatic carbocycles. The Bertz CT molecular complexity index is 1160. The average Bonchev–Trinajstić information content (AvgIpc) is 3.14. The number of fused-ring (bicyclic) bond motifs is 2. The molecule has 0 spiro atoms. The van der Waals surface area contributed by atoms with Gasteiger partial charge in [0.05, 0.1) is 23.2 Å². The van der Waals surface area contributed by atoms with Gasteiger partial charge in [-0.25, -0.2) is 4.98 Å². The number of carbonyl (C=O) groups excluding carboxylic acids is 1. The molecule has 1 aliphatic rings. The van der Waals surface area contributed by atoms with Crippen LogP contribution in [0.15, 0.2) is 35.6 Å². The summed E-state index contributed by atoms with van der Waals surface area (Å²) in [5.41, 5.74) is 12.7. The number of amides is 1. The number of hydrogen-bond acceptors (Lipinski definition) is 5. The number of nitrogens with zero attached hydrogens (tertiary/aromatic N) is 5. The first kappa shape index (κ1) is 21.3. The summed E-state index contributed by atoms with van der Waals surface area (Å²) in [6, 6.07) is 7.24. The quantitative estimate of drug-likeness (QED) is 0.319. The van der Waals surface area contributed by atoms with Gasteiger partial charge in [-0.1, -0.05) is 32.0 Å². The average molecular weight is 435 g/mol. The van der Waals surface area contributed by atoms with Crippen molar-refractivity contribution in [3.05, 3.63) is 68.3 Å². The van der Waals surface area contributed by atoms with Crippen LogP contribution in [0.5, 0.6) is 0 Å². The Labute approximate surface area is 185 Å². The van der Waals surface area contributed by atoms with Crippen molar-refractivity contribution in [1.29, 1.82) is 0 Å². The molecule has 0 aliphatic heterocycles. The number of carbonyl (C=O) groups is 1. The van der Waals surface area contributed by atoms with Crippen LogP contribution in [0.3, 0.4) is 0 Å². The summed E-state index contributed by atoms with van der Waals surface area (Å²) in [6.45, 7) is 6.48. The number of hydrogen-bond donors (Lipinski definition) is 1. The van der Waals surface area contributed by atoms with Gasteiger partial charge in [0, 0.05) is 22.2 Å². The molecule has 3 aromatic heterocycles. The fourth-order valence-corrected chi connectivity index (χ4v) is 5.47. The van der Waals surface area contributed by atoms with Gasteiger partial charge in [0.1, 0.15) is 4.83 Å². The Hall–Kier alpha value is -2.96. The monoisotopic (exact) mass is 434 g/mol. The summed E-state index contributed by atoms with van der Waals surface area (Å²) in [5.74, 6) is -0.185. The van der Waals surface area contributed by atoms with Crippen LogP contribution in [0, 0.1) is 0 Å². The Morgan fingerprint density at radius 2 is 2.13 bits per heavy atom. The lowest BCUT2D eigenvalue weighted by Crippen LogP contribution is -2.32. The fraction of sp³-hybridized carbons (Fsp3) is 0.435. The van der Waals surface area contributed by atoms with E-state index in [1.165, 1.54) is 35.4 Å². The van der Waals surface area contributed by atoms with Crippen molar-refractivity contribution >= 4 is 27.5 Å². The minimum atomic E-state index is -0.496. The van der Waals surface area contributed by atoms with E-state index in [-0.39, 0.29) is 17.9 Å². The zero-order valence-electron chi connectivity index (χ0n) is 18.1. The maximum Gasteiger partial charge on any atom is 0.262 e. The highest BCUT2D eigenvalue weighted by Crippen LogP contribution is 2.40. The van der Waals surface area contributed by atoms with Crippen LogP contribution in [0.1, 0.15) is 71.8 Å². The molecule has 0 radical (unpaired) electrons. The van der Waals surface area contributed by atoms with Crippen molar-refractivity contribution < 1.29 is 4.79 Å². The van der Waals surface area contributed by atoms with E-state index < -0.39 is 6.04 Å². The highest BCUT2D eigenvalue weighted by atomic mass is 32.1. The van der Waals surface area contributed by atoms with Crippen LogP contribution >= 0.6 is 11.3 Å². The second-order valence-electron chi connectivity index (χ2n) is 8.90. The zero-order valence-corrected chi connectivity index (χ0v) is 18.9. The molecule has 31 heavy (non-hydrogen) atoms. The molecule has 1 amide bonds. The second kappa shape index (κ2) is 8.65. The zero-order chi connectivity index (χ0) is 22.0. The van der Waals surface area contributed by atoms with Gasteiger partial charge in [-0.2, -0.15) is 0 Å². The molecule has 0 fully saturated rings. The number of rotatable bonds is 5. The second-order valence-corrected chi connectivity index (χ2v) is 9.90. The molecule has 0 saturated heterocycles. The highest BCUT2D eigenvalue weighted by Gasteiger charge is 2.30. The first-order valence-electron chi connectivity index (χ1n) is 10.6. The Balaban J connectivity index is 1.76. The SMILES string of the molecule is CC(C)(C)c1c(C(=O)N[C@@H](CN=[N+]=[N-])c2ccccn2)sc2nc3c(cc12)CCCC3. The normalized spacial score (nSPS) is 14.5. The van der Waals surface area contributed by atoms with Crippen LogP contribution in [-0.2, 0) is 18.3 Å². The maximum absolute atomic E-state index is 13.5. The minimum Gasteiger partial charge on any atom is -0.343 e. The molecule has 160 valence electrons. The fourth-order valence-electron chi connectivity index (χ4n) is 4.18. The third kappa shape index (κ3) is 4.40. The van der Waals surface area contributed by atoms with Crippen LogP contribution in [0.4, 0.5) is 0 Å². The predicted octanol–water partition coefficient (Wildman–Crippen LogP) is 5.65. The van der Waals surface area contributed by atoms with E-state index in [0.29, 0.717) is 10.6 Å². The molecular weight excluding hydrogens is 408 g/mol. The van der Waals surface area contributed by atoms with Crippen LogP contribution in [0.2, 0.25) is 0 Å². The van der Waals surface area contributed by atoms with Crippen molar-refractivity contribution in [3.63, 3.8) is 0 Å². The van der Waals surface area contributed by atoms with Crippen LogP contribution in [0.25, 0.3) is 20.7 Å². The Morgan fingerprint density at radius 3 is 2.84 bits per heavy atom. The molecule has 3 aromatic rings. The summed E-state index contributed by atoms with van der Waals surface area (Å²) < 4.78 is 0. The van der Waals surface area contributed by atoms with Gasteiger partial charge < -0.3 is 5.32 Å². The lowest BCUT2D eigenvalue weighted by molar-refractivity contribution is 0.0939. The largest absolute Gasteiger partial charge is 0.343 e. The number of thiophene rings is 1. The molecule has 1 N–H and O–H groups in total. The molecule has 0 bridgehead atoms. The molecular formula is C23H26N6OS. The van der Waals surface area contributed by atoms with Crippen molar-refractivity contribution in [3.8, 4) is 0 Å². The maximum atomic E-state index is 13.5. The van der Waals surface area contributed by atoms with Crippen LogP contribution in [-0.4, -0.2) is 22.4 Å². The van der Waals surface area contributed by atoms with E-state index in [1.807, 2.05) is 18.2 Å². The van der Waals surface area contributed by atoms with E-state index in [2.05, 4.69) is 47.2 Å². The van der Waals surface area contributed by atoms with Gasteiger partial charge in [-0.15, -0.1) is 11.3 Å². The van der Waals surface area contributed by atoms with E-state index in [9.17, 15) is 4.79 Å². The van der Waals surface area contributed by atoms with Gasteiger partial charge >= 0.3 is 0 Å². The summed E-state index contributed by atoms with van der Waals surface area (Å²) in [6.07, 6.45) is 6.07. The van der Waals surface area contributed by atoms with E-state index in [1.54, 1.807) is 6.20 Å². The smallest absolute Gasteiger partial charge is 0.262 e. The first-order valence-corrected chi connectivity index (χ1v) is 11.4. The highest BCUT2D eigenvalue weighted by molar-refractivity contribution is 7.20. The summed E-state index contributed by atoms with van der Waals surface area (Å²) in [7, 11) is 0. The van der Waals surface area contributed by atoms with Crippen molar-refractivity contribution in [2.24, 2.45) is 5.11 Å². The third-order valence-electron chi connectivity index (χ3n) is 5.59. The van der Waals surface area contributed by atoms with Crippen molar-refractivity contribution in [1.82, 2.24) is 15.3 Å². The lowest BCUT2D eigenvalue weighted by Gasteiger charge is -2.22. The number of aromatic nitrogens is 2.